The fourth-order valence-corrected chi connectivity index (χ4v) is 2.14. The van der Waals surface area contributed by atoms with E-state index < -0.39 is 11.9 Å². The number of rotatable bonds is 2. The van der Waals surface area contributed by atoms with Crippen LogP contribution in [0.25, 0.3) is 0 Å². The molecule has 1 atom stereocenters. The van der Waals surface area contributed by atoms with E-state index in [1.807, 2.05) is 6.92 Å². The molecule has 1 aromatic heterocycles. The minimum atomic E-state index is -1.02. The summed E-state index contributed by atoms with van der Waals surface area (Å²) in [5.41, 5.74) is 1.66. The second kappa shape index (κ2) is 4.94. The van der Waals surface area contributed by atoms with E-state index in [4.69, 9.17) is 0 Å². The standard InChI is InChI=1S/C13H11BrFNO/c1-8-5-6-9(7-16-8)13(17)12-10(14)3-2-4-11(12)15/h2-7,13,17H,1H3. The van der Waals surface area contributed by atoms with Gasteiger partial charge in [-0.05, 0) is 25.1 Å². The molecule has 1 heterocycles. The van der Waals surface area contributed by atoms with Crippen LogP contribution < -0.4 is 0 Å². The van der Waals surface area contributed by atoms with Gasteiger partial charge in [0.25, 0.3) is 0 Å². The normalized spacial score (nSPS) is 12.5. The average molecular weight is 296 g/mol. The van der Waals surface area contributed by atoms with Crippen LogP contribution in [0.3, 0.4) is 0 Å². The molecule has 17 heavy (non-hydrogen) atoms. The van der Waals surface area contributed by atoms with E-state index in [1.54, 1.807) is 30.5 Å². The van der Waals surface area contributed by atoms with Gasteiger partial charge in [0.1, 0.15) is 11.9 Å². The molecule has 2 rings (SSSR count). The lowest BCUT2D eigenvalue weighted by Crippen LogP contribution is -2.04. The molecule has 0 saturated heterocycles. The summed E-state index contributed by atoms with van der Waals surface area (Å²) in [6.07, 6.45) is 0.539. The molecule has 1 aromatic carbocycles. The van der Waals surface area contributed by atoms with Crippen LogP contribution in [0.2, 0.25) is 0 Å². The van der Waals surface area contributed by atoms with Crippen molar-refractivity contribution < 1.29 is 9.50 Å². The number of hydrogen-bond acceptors (Lipinski definition) is 2. The molecular weight excluding hydrogens is 285 g/mol. The first-order valence-electron chi connectivity index (χ1n) is 5.14. The number of aliphatic hydroxyl groups is 1. The highest BCUT2D eigenvalue weighted by Gasteiger charge is 2.18. The minimum Gasteiger partial charge on any atom is -0.383 e. The SMILES string of the molecule is Cc1ccc(C(O)c2c(F)cccc2Br)cn1. The summed E-state index contributed by atoms with van der Waals surface area (Å²) < 4.78 is 14.2. The summed E-state index contributed by atoms with van der Waals surface area (Å²) in [5, 5.41) is 10.1. The summed E-state index contributed by atoms with van der Waals surface area (Å²) >= 11 is 3.24. The second-order valence-electron chi connectivity index (χ2n) is 3.77. The maximum Gasteiger partial charge on any atom is 0.130 e. The number of aryl methyl sites for hydroxylation is 1. The van der Waals surface area contributed by atoms with Crippen LogP contribution in [0.15, 0.2) is 41.0 Å². The lowest BCUT2D eigenvalue weighted by atomic mass is 10.0. The molecule has 2 nitrogen and oxygen atoms in total. The monoisotopic (exact) mass is 295 g/mol. The Morgan fingerprint density at radius 2 is 2.06 bits per heavy atom. The van der Waals surface area contributed by atoms with E-state index in [0.717, 1.165) is 5.69 Å². The van der Waals surface area contributed by atoms with Gasteiger partial charge in [0.05, 0.1) is 0 Å². The van der Waals surface area contributed by atoms with Crippen LogP contribution >= 0.6 is 15.9 Å². The van der Waals surface area contributed by atoms with E-state index in [9.17, 15) is 9.50 Å². The first kappa shape index (κ1) is 12.2. The topological polar surface area (TPSA) is 33.1 Å². The number of benzene rings is 1. The van der Waals surface area contributed by atoms with Crippen molar-refractivity contribution in [2.45, 2.75) is 13.0 Å². The zero-order valence-electron chi connectivity index (χ0n) is 9.19. The Bertz CT molecular complexity index is 507. The predicted molar refractivity (Wildman–Crippen MR) is 67.1 cm³/mol. The van der Waals surface area contributed by atoms with Crippen molar-refractivity contribution in [2.75, 3.05) is 0 Å². The van der Waals surface area contributed by atoms with Crippen LogP contribution in [0, 0.1) is 12.7 Å². The zero-order valence-corrected chi connectivity index (χ0v) is 10.8. The third-order valence-corrected chi connectivity index (χ3v) is 3.21. The third kappa shape index (κ3) is 2.53. The number of aromatic nitrogens is 1. The molecule has 1 unspecified atom stereocenters. The summed E-state index contributed by atoms with van der Waals surface area (Å²) in [6, 6.07) is 8.14. The van der Waals surface area contributed by atoms with Gasteiger partial charge < -0.3 is 5.11 Å². The van der Waals surface area contributed by atoms with Crippen molar-refractivity contribution >= 4 is 15.9 Å². The van der Waals surface area contributed by atoms with E-state index in [1.165, 1.54) is 6.07 Å². The van der Waals surface area contributed by atoms with Gasteiger partial charge in [-0.15, -0.1) is 0 Å². The first-order valence-corrected chi connectivity index (χ1v) is 5.93. The van der Waals surface area contributed by atoms with Crippen molar-refractivity contribution in [3.8, 4) is 0 Å². The molecule has 0 fully saturated rings. The maximum absolute atomic E-state index is 13.7. The van der Waals surface area contributed by atoms with E-state index >= 15 is 0 Å². The van der Waals surface area contributed by atoms with Gasteiger partial charge in [0.15, 0.2) is 0 Å². The number of aliphatic hydroxyl groups excluding tert-OH is 1. The molecule has 0 aliphatic rings. The third-order valence-electron chi connectivity index (χ3n) is 2.52. The van der Waals surface area contributed by atoms with Crippen molar-refractivity contribution in [2.24, 2.45) is 0 Å². The summed E-state index contributed by atoms with van der Waals surface area (Å²) in [7, 11) is 0. The van der Waals surface area contributed by atoms with Gasteiger partial charge >= 0.3 is 0 Å². The predicted octanol–water partition coefficient (Wildman–Crippen LogP) is 3.37. The van der Waals surface area contributed by atoms with Gasteiger partial charge in [-0.1, -0.05) is 28.1 Å². The van der Waals surface area contributed by atoms with Crippen molar-refractivity contribution in [1.29, 1.82) is 0 Å². The summed E-state index contributed by atoms with van der Waals surface area (Å²) in [5.74, 6) is -0.438. The second-order valence-corrected chi connectivity index (χ2v) is 4.63. The zero-order chi connectivity index (χ0) is 12.4. The summed E-state index contributed by atoms with van der Waals surface area (Å²) in [4.78, 5) is 4.09. The Kier molecular flexibility index (Phi) is 3.54. The quantitative estimate of drug-likeness (QED) is 0.921. The Hall–Kier alpha value is -1.26. The molecule has 0 aliphatic carbocycles. The molecule has 0 amide bonds. The highest BCUT2D eigenvalue weighted by Crippen LogP contribution is 2.30. The van der Waals surface area contributed by atoms with Crippen LogP contribution in [-0.4, -0.2) is 10.1 Å². The number of hydrogen-bond donors (Lipinski definition) is 1. The Morgan fingerprint density at radius 1 is 1.29 bits per heavy atom. The molecule has 4 heteroatoms. The smallest absolute Gasteiger partial charge is 0.130 e. The Morgan fingerprint density at radius 3 is 2.65 bits per heavy atom. The minimum absolute atomic E-state index is 0.234. The van der Waals surface area contributed by atoms with Gasteiger partial charge in [-0.2, -0.15) is 0 Å². The molecule has 2 aromatic rings. The average Bonchev–Trinajstić information content (AvgIpc) is 2.29. The van der Waals surface area contributed by atoms with Gasteiger partial charge in [0, 0.05) is 27.5 Å². The fourth-order valence-electron chi connectivity index (χ4n) is 1.58. The molecular formula is C13H11BrFNO. The van der Waals surface area contributed by atoms with Crippen LogP contribution in [-0.2, 0) is 0 Å². The molecule has 1 N–H and O–H groups in total. The van der Waals surface area contributed by atoms with Crippen molar-refractivity contribution in [1.82, 2.24) is 4.98 Å². The largest absolute Gasteiger partial charge is 0.383 e. The first-order chi connectivity index (χ1) is 8.09. The number of nitrogens with zero attached hydrogens (tertiary/aromatic N) is 1. The number of halogens is 2. The molecule has 0 spiro atoms. The van der Waals surface area contributed by atoms with Crippen LogP contribution in [0.5, 0.6) is 0 Å². The Labute approximate surface area is 107 Å². The molecule has 0 aliphatic heterocycles. The lowest BCUT2D eigenvalue weighted by molar-refractivity contribution is 0.213. The Balaban J connectivity index is 2.43. The van der Waals surface area contributed by atoms with Gasteiger partial charge in [-0.25, -0.2) is 4.39 Å². The van der Waals surface area contributed by atoms with Crippen LogP contribution in [0.4, 0.5) is 4.39 Å². The van der Waals surface area contributed by atoms with E-state index in [0.29, 0.717) is 10.0 Å². The number of pyridine rings is 1. The maximum atomic E-state index is 13.7. The van der Waals surface area contributed by atoms with Gasteiger partial charge in [-0.3, -0.25) is 4.98 Å². The highest BCUT2D eigenvalue weighted by atomic mass is 79.9. The fraction of sp³-hybridized carbons (Fsp3) is 0.154. The van der Waals surface area contributed by atoms with Crippen LogP contribution in [0.1, 0.15) is 22.9 Å². The van der Waals surface area contributed by atoms with Crippen molar-refractivity contribution in [3.05, 3.63) is 63.6 Å². The van der Waals surface area contributed by atoms with Crippen molar-refractivity contribution in [3.63, 3.8) is 0 Å². The summed E-state index contributed by atoms with van der Waals surface area (Å²) in [6.45, 7) is 1.86. The highest BCUT2D eigenvalue weighted by molar-refractivity contribution is 9.10. The van der Waals surface area contributed by atoms with E-state index in [2.05, 4.69) is 20.9 Å². The molecule has 0 bridgehead atoms. The van der Waals surface area contributed by atoms with E-state index in [-0.39, 0.29) is 5.56 Å². The molecule has 88 valence electrons. The van der Waals surface area contributed by atoms with Gasteiger partial charge in [0.2, 0.25) is 0 Å². The molecule has 0 saturated carbocycles. The molecule has 0 radical (unpaired) electrons. The lowest BCUT2D eigenvalue weighted by Gasteiger charge is -2.13.